The molecular formula is C20H23N3O3. The average Bonchev–Trinajstić information content (AvgIpc) is 2.96. The van der Waals surface area contributed by atoms with Gasteiger partial charge in [-0.05, 0) is 50.1 Å². The molecular weight excluding hydrogens is 330 g/mol. The third kappa shape index (κ3) is 3.49. The number of para-hydroxylation sites is 1. The van der Waals surface area contributed by atoms with E-state index in [1.165, 1.54) is 0 Å². The summed E-state index contributed by atoms with van der Waals surface area (Å²) in [5.41, 5.74) is 4.76. The molecule has 0 fully saturated rings. The summed E-state index contributed by atoms with van der Waals surface area (Å²) in [6.45, 7) is 4.64. The summed E-state index contributed by atoms with van der Waals surface area (Å²) in [5.74, 6) is 0.813. The summed E-state index contributed by atoms with van der Waals surface area (Å²) < 4.78 is 7.57. The number of hydrogen-bond donors (Lipinski definition) is 2. The Morgan fingerprint density at radius 2 is 2.04 bits per heavy atom. The second kappa shape index (κ2) is 7.47. The van der Waals surface area contributed by atoms with Gasteiger partial charge in [-0.25, -0.2) is 4.98 Å². The molecule has 1 aromatic carbocycles. The van der Waals surface area contributed by atoms with Crippen LogP contribution < -0.4 is 10.1 Å². The number of ether oxygens (including phenoxy) is 1. The Morgan fingerprint density at radius 3 is 2.77 bits per heavy atom. The second-order valence-corrected chi connectivity index (χ2v) is 6.30. The van der Waals surface area contributed by atoms with Gasteiger partial charge in [-0.2, -0.15) is 0 Å². The molecule has 2 aromatic heterocycles. The van der Waals surface area contributed by atoms with E-state index in [1.54, 1.807) is 7.11 Å². The number of carboxylic acids is 1. The van der Waals surface area contributed by atoms with Gasteiger partial charge in [-0.3, -0.25) is 9.20 Å². The van der Waals surface area contributed by atoms with Gasteiger partial charge in [0.2, 0.25) is 0 Å². The van der Waals surface area contributed by atoms with Crippen molar-refractivity contribution in [3.05, 3.63) is 47.7 Å². The highest BCUT2D eigenvalue weighted by molar-refractivity contribution is 5.80. The minimum Gasteiger partial charge on any atom is -0.496 e. The highest BCUT2D eigenvalue weighted by Gasteiger charge is 2.18. The van der Waals surface area contributed by atoms with Crippen LogP contribution in [0, 0.1) is 13.8 Å². The number of aliphatic carboxylic acids is 1. The molecule has 0 atom stereocenters. The maximum atomic E-state index is 10.8. The van der Waals surface area contributed by atoms with Gasteiger partial charge in [0, 0.05) is 24.2 Å². The number of anilines is 1. The van der Waals surface area contributed by atoms with Crippen LogP contribution in [0.2, 0.25) is 0 Å². The van der Waals surface area contributed by atoms with Crippen molar-refractivity contribution in [1.29, 1.82) is 0 Å². The van der Waals surface area contributed by atoms with E-state index in [0.717, 1.165) is 39.7 Å². The highest BCUT2D eigenvalue weighted by Crippen LogP contribution is 2.35. The van der Waals surface area contributed by atoms with E-state index in [9.17, 15) is 4.79 Å². The van der Waals surface area contributed by atoms with Crippen molar-refractivity contribution >= 4 is 17.4 Å². The summed E-state index contributed by atoms with van der Waals surface area (Å²) in [7, 11) is 1.64. The van der Waals surface area contributed by atoms with E-state index in [4.69, 9.17) is 14.8 Å². The summed E-state index contributed by atoms with van der Waals surface area (Å²) >= 11 is 0. The molecule has 0 aliphatic heterocycles. The summed E-state index contributed by atoms with van der Waals surface area (Å²) in [6.07, 6.45) is 0.671. The summed E-state index contributed by atoms with van der Waals surface area (Å²) in [5, 5.41) is 12.2. The number of carbonyl (C=O) groups is 1. The fourth-order valence-corrected chi connectivity index (χ4v) is 3.17. The molecule has 0 spiro atoms. The first-order chi connectivity index (χ1) is 12.5. The van der Waals surface area contributed by atoms with E-state index in [1.807, 2.05) is 44.2 Å². The minimum absolute atomic E-state index is 0.131. The molecule has 26 heavy (non-hydrogen) atoms. The van der Waals surface area contributed by atoms with Gasteiger partial charge in [-0.1, -0.05) is 12.1 Å². The number of hydrogen-bond acceptors (Lipinski definition) is 4. The van der Waals surface area contributed by atoms with Crippen molar-refractivity contribution in [1.82, 2.24) is 9.38 Å². The van der Waals surface area contributed by atoms with Gasteiger partial charge < -0.3 is 15.2 Å². The summed E-state index contributed by atoms with van der Waals surface area (Å²) in [6, 6.07) is 11.9. The lowest BCUT2D eigenvalue weighted by atomic mass is 10.1. The number of aromatic nitrogens is 2. The molecule has 2 heterocycles. The van der Waals surface area contributed by atoms with Crippen LogP contribution in [-0.4, -0.2) is 34.1 Å². The monoisotopic (exact) mass is 353 g/mol. The molecule has 0 unspecified atom stereocenters. The lowest BCUT2D eigenvalue weighted by molar-refractivity contribution is -0.137. The SMILES string of the molecule is COc1ccccc1-c1nc2cc(C)cc(C)n2c1NCCCC(=O)O. The fraction of sp³-hybridized carbons (Fsp3) is 0.300. The molecule has 0 radical (unpaired) electrons. The van der Waals surface area contributed by atoms with E-state index in [2.05, 4.69) is 15.8 Å². The smallest absolute Gasteiger partial charge is 0.303 e. The number of pyridine rings is 1. The van der Waals surface area contributed by atoms with Crippen LogP contribution in [0.5, 0.6) is 5.75 Å². The molecule has 136 valence electrons. The van der Waals surface area contributed by atoms with Gasteiger partial charge in [-0.15, -0.1) is 0 Å². The van der Waals surface area contributed by atoms with Crippen LogP contribution in [0.25, 0.3) is 16.9 Å². The second-order valence-electron chi connectivity index (χ2n) is 6.30. The molecule has 6 nitrogen and oxygen atoms in total. The van der Waals surface area contributed by atoms with Gasteiger partial charge in [0.1, 0.15) is 22.9 Å². The van der Waals surface area contributed by atoms with Gasteiger partial charge in [0.25, 0.3) is 0 Å². The van der Waals surface area contributed by atoms with Crippen LogP contribution in [0.3, 0.4) is 0 Å². The van der Waals surface area contributed by atoms with E-state index in [0.29, 0.717) is 13.0 Å². The zero-order valence-corrected chi connectivity index (χ0v) is 15.2. The largest absolute Gasteiger partial charge is 0.496 e. The fourth-order valence-electron chi connectivity index (χ4n) is 3.17. The number of imidazole rings is 1. The Morgan fingerprint density at radius 1 is 1.27 bits per heavy atom. The standard InChI is InChI=1S/C20H23N3O3/c1-13-11-14(2)23-17(12-13)22-19(15-7-4-5-8-16(15)26-3)20(23)21-10-6-9-18(24)25/h4-5,7-8,11-12,21H,6,9-10H2,1-3H3,(H,24,25). The Hall–Kier alpha value is -3.02. The van der Waals surface area contributed by atoms with Crippen molar-refractivity contribution in [3.8, 4) is 17.0 Å². The Balaban J connectivity index is 2.10. The first kappa shape index (κ1) is 17.8. The van der Waals surface area contributed by atoms with Crippen LogP contribution in [0.1, 0.15) is 24.1 Å². The van der Waals surface area contributed by atoms with Crippen LogP contribution >= 0.6 is 0 Å². The lowest BCUT2D eigenvalue weighted by Crippen LogP contribution is -2.08. The number of methoxy groups -OCH3 is 1. The van der Waals surface area contributed by atoms with Gasteiger partial charge in [0.15, 0.2) is 0 Å². The lowest BCUT2D eigenvalue weighted by Gasteiger charge is -2.12. The molecule has 0 saturated heterocycles. The number of fused-ring (bicyclic) bond motifs is 1. The minimum atomic E-state index is -0.790. The summed E-state index contributed by atoms with van der Waals surface area (Å²) in [4.78, 5) is 15.6. The maximum absolute atomic E-state index is 10.8. The number of aryl methyl sites for hydroxylation is 2. The molecule has 3 aromatic rings. The molecule has 0 amide bonds. The molecule has 0 aliphatic carbocycles. The van der Waals surface area contributed by atoms with Crippen molar-refractivity contribution in [2.24, 2.45) is 0 Å². The van der Waals surface area contributed by atoms with Gasteiger partial charge in [0.05, 0.1) is 7.11 Å². The van der Waals surface area contributed by atoms with Crippen molar-refractivity contribution < 1.29 is 14.6 Å². The third-order valence-corrected chi connectivity index (χ3v) is 4.27. The zero-order valence-electron chi connectivity index (χ0n) is 15.2. The van der Waals surface area contributed by atoms with Crippen molar-refractivity contribution in [3.63, 3.8) is 0 Å². The Labute approximate surface area is 152 Å². The predicted molar refractivity (Wildman–Crippen MR) is 102 cm³/mol. The van der Waals surface area contributed by atoms with Crippen molar-refractivity contribution in [2.75, 3.05) is 19.0 Å². The average molecular weight is 353 g/mol. The molecule has 2 N–H and O–H groups in total. The van der Waals surface area contributed by atoms with Crippen LogP contribution in [0.15, 0.2) is 36.4 Å². The predicted octanol–water partition coefficient (Wildman–Crippen LogP) is 3.90. The number of rotatable bonds is 7. The Kier molecular flexibility index (Phi) is 5.11. The first-order valence-electron chi connectivity index (χ1n) is 8.60. The highest BCUT2D eigenvalue weighted by atomic mass is 16.5. The zero-order chi connectivity index (χ0) is 18.7. The third-order valence-electron chi connectivity index (χ3n) is 4.27. The molecule has 0 saturated carbocycles. The normalized spacial score (nSPS) is 10.9. The molecule has 6 heteroatoms. The topological polar surface area (TPSA) is 75.9 Å². The number of carboxylic acid groups (broad SMARTS) is 1. The maximum Gasteiger partial charge on any atom is 0.303 e. The van der Waals surface area contributed by atoms with E-state index < -0.39 is 5.97 Å². The van der Waals surface area contributed by atoms with Crippen LogP contribution in [0.4, 0.5) is 5.82 Å². The van der Waals surface area contributed by atoms with Crippen molar-refractivity contribution in [2.45, 2.75) is 26.7 Å². The molecule has 0 bridgehead atoms. The van der Waals surface area contributed by atoms with E-state index in [-0.39, 0.29) is 6.42 Å². The first-order valence-corrected chi connectivity index (χ1v) is 8.60. The van der Waals surface area contributed by atoms with Gasteiger partial charge >= 0.3 is 5.97 Å². The number of nitrogens with zero attached hydrogens (tertiary/aromatic N) is 2. The Bertz CT molecular complexity index is 947. The number of benzene rings is 1. The number of nitrogens with one attached hydrogen (secondary N) is 1. The molecule has 0 aliphatic rings. The van der Waals surface area contributed by atoms with E-state index >= 15 is 0 Å². The van der Waals surface area contributed by atoms with Crippen LogP contribution in [-0.2, 0) is 4.79 Å². The quantitative estimate of drug-likeness (QED) is 0.630. The molecule has 3 rings (SSSR count).